The van der Waals surface area contributed by atoms with Gasteiger partial charge >= 0.3 is 0 Å². The van der Waals surface area contributed by atoms with E-state index in [0.29, 0.717) is 4.47 Å². The van der Waals surface area contributed by atoms with Crippen LogP contribution in [0.5, 0.6) is 0 Å². The monoisotopic (exact) mass is 331 g/mol. The summed E-state index contributed by atoms with van der Waals surface area (Å²) < 4.78 is 27.5. The molecule has 1 aliphatic carbocycles. The second-order valence-electron chi connectivity index (χ2n) is 5.29. The van der Waals surface area contributed by atoms with Crippen molar-refractivity contribution in [2.24, 2.45) is 5.92 Å². The molecule has 0 aliphatic heterocycles. The fourth-order valence-electron chi connectivity index (χ4n) is 2.73. The predicted octanol–water partition coefficient (Wildman–Crippen LogP) is 4.79. The van der Waals surface area contributed by atoms with Gasteiger partial charge in [0.25, 0.3) is 0 Å². The standard InChI is InChI=1S/C15H20BrF2N/c16-13-6-7-14(17)12(15(13)18)10-19-9-8-11-4-2-1-3-5-11/h6-7,11,19H,1-5,8-10H2. The topological polar surface area (TPSA) is 12.0 Å². The minimum absolute atomic E-state index is 0.123. The average molecular weight is 332 g/mol. The molecule has 1 N–H and O–H groups in total. The van der Waals surface area contributed by atoms with Crippen LogP contribution in [-0.4, -0.2) is 6.54 Å². The molecule has 0 aromatic heterocycles. The van der Waals surface area contributed by atoms with Crippen molar-refractivity contribution in [1.29, 1.82) is 0 Å². The van der Waals surface area contributed by atoms with Gasteiger partial charge in [0.1, 0.15) is 11.6 Å². The SMILES string of the molecule is Fc1ccc(Br)c(F)c1CNCCC1CCCCC1. The van der Waals surface area contributed by atoms with Gasteiger partial charge in [-0.2, -0.15) is 0 Å². The first-order chi connectivity index (χ1) is 9.18. The zero-order valence-corrected chi connectivity index (χ0v) is 12.6. The second kappa shape index (κ2) is 7.34. The van der Waals surface area contributed by atoms with Crippen LogP contribution in [0.2, 0.25) is 0 Å². The van der Waals surface area contributed by atoms with Crippen LogP contribution in [0.25, 0.3) is 0 Å². The Hall–Kier alpha value is -0.480. The molecule has 0 unspecified atom stereocenters. The summed E-state index contributed by atoms with van der Waals surface area (Å²) in [6.07, 6.45) is 7.75. The first-order valence-electron chi connectivity index (χ1n) is 7.01. The van der Waals surface area contributed by atoms with Crippen LogP contribution in [0.3, 0.4) is 0 Å². The highest BCUT2D eigenvalue weighted by Gasteiger charge is 2.14. The molecule has 1 aliphatic rings. The highest BCUT2D eigenvalue weighted by atomic mass is 79.9. The third-order valence-electron chi connectivity index (χ3n) is 3.89. The van der Waals surface area contributed by atoms with Gasteiger partial charge in [0.2, 0.25) is 0 Å². The maximum absolute atomic E-state index is 13.7. The van der Waals surface area contributed by atoms with Crippen molar-refractivity contribution in [3.63, 3.8) is 0 Å². The fourth-order valence-corrected chi connectivity index (χ4v) is 3.10. The minimum Gasteiger partial charge on any atom is -0.312 e. The van der Waals surface area contributed by atoms with Crippen LogP contribution in [-0.2, 0) is 6.54 Å². The minimum atomic E-state index is -0.495. The zero-order chi connectivity index (χ0) is 13.7. The molecule has 106 valence electrons. The molecule has 0 spiro atoms. The van der Waals surface area contributed by atoms with E-state index >= 15 is 0 Å². The quantitative estimate of drug-likeness (QED) is 0.604. The fraction of sp³-hybridized carbons (Fsp3) is 0.600. The van der Waals surface area contributed by atoms with Crippen LogP contribution >= 0.6 is 15.9 Å². The second-order valence-corrected chi connectivity index (χ2v) is 6.15. The average Bonchev–Trinajstić information content (AvgIpc) is 2.43. The van der Waals surface area contributed by atoms with E-state index in [1.54, 1.807) is 0 Å². The molecule has 0 atom stereocenters. The Labute approximate surface area is 121 Å². The van der Waals surface area contributed by atoms with E-state index in [2.05, 4.69) is 21.2 Å². The van der Waals surface area contributed by atoms with Gasteiger partial charge in [-0.05, 0) is 46.9 Å². The summed E-state index contributed by atoms with van der Waals surface area (Å²) in [5, 5.41) is 3.16. The van der Waals surface area contributed by atoms with Crippen molar-refractivity contribution in [2.45, 2.75) is 45.1 Å². The Morgan fingerprint density at radius 1 is 1.16 bits per heavy atom. The molecule has 1 aromatic rings. The molecule has 0 amide bonds. The van der Waals surface area contributed by atoms with Gasteiger partial charge in [-0.15, -0.1) is 0 Å². The van der Waals surface area contributed by atoms with E-state index in [4.69, 9.17) is 0 Å². The number of rotatable bonds is 5. The van der Waals surface area contributed by atoms with Gasteiger partial charge in [0.15, 0.2) is 0 Å². The Kier molecular flexibility index (Phi) is 5.76. The molecular weight excluding hydrogens is 312 g/mol. The van der Waals surface area contributed by atoms with Gasteiger partial charge in [0.05, 0.1) is 4.47 Å². The Balaban J connectivity index is 1.77. The van der Waals surface area contributed by atoms with Crippen molar-refractivity contribution in [3.05, 3.63) is 33.8 Å². The molecule has 4 heteroatoms. The molecule has 1 saturated carbocycles. The van der Waals surface area contributed by atoms with Crippen molar-refractivity contribution >= 4 is 15.9 Å². The zero-order valence-electron chi connectivity index (χ0n) is 11.0. The predicted molar refractivity (Wildman–Crippen MR) is 77.0 cm³/mol. The highest BCUT2D eigenvalue weighted by Crippen LogP contribution is 2.26. The van der Waals surface area contributed by atoms with Gasteiger partial charge in [-0.25, -0.2) is 8.78 Å². The summed E-state index contributed by atoms with van der Waals surface area (Å²) in [4.78, 5) is 0. The number of hydrogen-bond acceptors (Lipinski definition) is 1. The lowest BCUT2D eigenvalue weighted by molar-refractivity contribution is 0.333. The van der Waals surface area contributed by atoms with E-state index in [1.807, 2.05) is 0 Å². The first kappa shape index (κ1) is 14.9. The summed E-state index contributed by atoms with van der Waals surface area (Å²) in [6, 6.07) is 2.70. The summed E-state index contributed by atoms with van der Waals surface area (Å²) in [6.45, 7) is 1.08. The summed E-state index contributed by atoms with van der Waals surface area (Å²) >= 11 is 3.08. The van der Waals surface area contributed by atoms with E-state index in [0.717, 1.165) is 18.9 Å². The van der Waals surface area contributed by atoms with Crippen molar-refractivity contribution in [2.75, 3.05) is 6.54 Å². The lowest BCUT2D eigenvalue weighted by Gasteiger charge is -2.21. The highest BCUT2D eigenvalue weighted by molar-refractivity contribution is 9.10. The smallest absolute Gasteiger partial charge is 0.144 e. The van der Waals surface area contributed by atoms with E-state index in [9.17, 15) is 8.78 Å². The van der Waals surface area contributed by atoms with Gasteiger partial charge in [-0.3, -0.25) is 0 Å². The van der Waals surface area contributed by atoms with Crippen LogP contribution in [0.15, 0.2) is 16.6 Å². The Bertz CT molecular complexity index is 417. The summed E-state index contributed by atoms with van der Waals surface area (Å²) in [5.74, 6) is -0.186. The number of benzene rings is 1. The van der Waals surface area contributed by atoms with Crippen LogP contribution in [0, 0.1) is 17.6 Å². The molecular formula is C15H20BrF2N. The lowest BCUT2D eigenvalue weighted by Crippen LogP contribution is -2.20. The maximum atomic E-state index is 13.7. The third-order valence-corrected chi connectivity index (χ3v) is 4.51. The van der Waals surface area contributed by atoms with E-state index in [1.165, 1.54) is 44.2 Å². The van der Waals surface area contributed by atoms with Gasteiger partial charge < -0.3 is 5.32 Å². The molecule has 0 radical (unpaired) electrons. The van der Waals surface area contributed by atoms with E-state index < -0.39 is 11.6 Å². The van der Waals surface area contributed by atoms with Gasteiger partial charge in [-0.1, -0.05) is 32.1 Å². The number of nitrogens with one attached hydrogen (secondary N) is 1. The normalized spacial score (nSPS) is 16.8. The van der Waals surface area contributed by atoms with Crippen molar-refractivity contribution in [1.82, 2.24) is 5.32 Å². The molecule has 0 heterocycles. The van der Waals surface area contributed by atoms with Crippen LogP contribution in [0.1, 0.15) is 44.1 Å². The Morgan fingerprint density at radius 3 is 2.63 bits per heavy atom. The molecule has 0 saturated heterocycles. The molecule has 1 nitrogen and oxygen atoms in total. The first-order valence-corrected chi connectivity index (χ1v) is 7.81. The molecule has 19 heavy (non-hydrogen) atoms. The van der Waals surface area contributed by atoms with Crippen LogP contribution < -0.4 is 5.32 Å². The Morgan fingerprint density at radius 2 is 1.89 bits per heavy atom. The molecule has 0 bridgehead atoms. The molecule has 1 fully saturated rings. The summed E-state index contributed by atoms with van der Waals surface area (Å²) in [5.41, 5.74) is 0.123. The molecule has 2 rings (SSSR count). The van der Waals surface area contributed by atoms with Crippen molar-refractivity contribution < 1.29 is 8.78 Å². The van der Waals surface area contributed by atoms with Gasteiger partial charge in [0, 0.05) is 12.1 Å². The number of hydrogen-bond donors (Lipinski definition) is 1. The van der Waals surface area contributed by atoms with Crippen LogP contribution in [0.4, 0.5) is 8.78 Å². The summed E-state index contributed by atoms with van der Waals surface area (Å²) in [7, 11) is 0. The third kappa shape index (κ3) is 4.25. The largest absolute Gasteiger partial charge is 0.312 e. The maximum Gasteiger partial charge on any atom is 0.144 e. The molecule has 1 aromatic carbocycles. The van der Waals surface area contributed by atoms with E-state index in [-0.39, 0.29) is 12.1 Å². The lowest BCUT2D eigenvalue weighted by atomic mass is 9.87. The number of halogens is 3. The van der Waals surface area contributed by atoms with Crippen molar-refractivity contribution in [3.8, 4) is 0 Å².